The molecule has 0 bridgehead atoms. The molecule has 0 aromatic heterocycles. The van der Waals surface area contributed by atoms with E-state index in [2.05, 4.69) is 104 Å². The van der Waals surface area contributed by atoms with Crippen LogP contribution in [0.2, 0.25) is 0 Å². The van der Waals surface area contributed by atoms with Gasteiger partial charge in [0.15, 0.2) is 0 Å². The van der Waals surface area contributed by atoms with Gasteiger partial charge in [-0.1, -0.05) is 151 Å². The van der Waals surface area contributed by atoms with Gasteiger partial charge in [0.05, 0.1) is 39.3 Å². The Morgan fingerprint density at radius 3 is 0.860 bits per heavy atom. The van der Waals surface area contributed by atoms with Gasteiger partial charge < -0.3 is 14.4 Å². The molecule has 2 aromatic rings. The molecule has 6 heteroatoms. The Labute approximate surface area is 312 Å². The molecule has 0 unspecified atom stereocenters. The van der Waals surface area contributed by atoms with Crippen LogP contribution in [0.25, 0.3) is 0 Å². The molecule has 0 saturated heterocycles. The van der Waals surface area contributed by atoms with Crippen LogP contribution in [0.3, 0.4) is 0 Å². The van der Waals surface area contributed by atoms with Gasteiger partial charge in [0, 0.05) is 11.1 Å². The Balaban J connectivity index is 0.000000867. The second-order valence-electron chi connectivity index (χ2n) is 14.5. The molecule has 0 amide bonds. The van der Waals surface area contributed by atoms with Crippen molar-refractivity contribution in [2.45, 2.75) is 171 Å². The summed E-state index contributed by atoms with van der Waals surface area (Å²) >= 11 is 0. The van der Waals surface area contributed by atoms with Crippen LogP contribution >= 0.6 is 8.25 Å². The highest BCUT2D eigenvalue weighted by molar-refractivity contribution is 7.27. The lowest BCUT2D eigenvalue weighted by atomic mass is 10.0. The van der Waals surface area contributed by atoms with Crippen molar-refractivity contribution in [2.75, 3.05) is 39.3 Å². The second-order valence-corrected chi connectivity index (χ2v) is 15.0. The average molecular weight is 717 g/mol. The van der Waals surface area contributed by atoms with E-state index in [1.54, 1.807) is 22.5 Å². The molecule has 0 fully saturated rings. The summed E-state index contributed by atoms with van der Waals surface area (Å²) in [6.45, 7) is 26.5. The summed E-state index contributed by atoms with van der Waals surface area (Å²) in [4.78, 5) is 17.0. The van der Waals surface area contributed by atoms with Crippen molar-refractivity contribution in [2.24, 2.45) is 0 Å². The first-order valence-electron chi connectivity index (χ1n) is 21.0. The van der Waals surface area contributed by atoms with Crippen LogP contribution in [0, 0.1) is 0 Å². The topological polar surface area (TPSA) is 63.2 Å². The van der Waals surface area contributed by atoms with Gasteiger partial charge in [-0.2, -0.15) is 0 Å². The molecule has 0 radical (unpaired) electrons. The van der Waals surface area contributed by atoms with Crippen molar-refractivity contribution in [1.82, 2.24) is 8.97 Å². The zero-order valence-corrected chi connectivity index (χ0v) is 35.2. The monoisotopic (exact) mass is 717 g/mol. The van der Waals surface area contributed by atoms with E-state index in [-0.39, 0.29) is 0 Å². The standard InChI is InChI=1S/2C22H40N.H3O3P/c2*1-5-9-15-21-16-13-14-17-22(21)23(18-10-6-2,19-11-7-3)20-12-8-4;1-4(2)3/h2*13-14,16-17H,5-12,15,18-20H2,1-4H3;4H,(H2,1,2,3)/q2*+1;/p-2. The fourth-order valence-corrected chi connectivity index (χ4v) is 7.26. The van der Waals surface area contributed by atoms with Gasteiger partial charge in [0.2, 0.25) is 0 Å². The molecule has 2 aromatic carbocycles. The molecule has 0 heterocycles. The van der Waals surface area contributed by atoms with Gasteiger partial charge in [0.25, 0.3) is 0 Å². The smallest absolute Gasteiger partial charge is 0.136 e. The Morgan fingerprint density at radius 2 is 0.640 bits per heavy atom. The average Bonchev–Trinajstić information content (AvgIpc) is 3.13. The summed E-state index contributed by atoms with van der Waals surface area (Å²) < 4.78 is 11.0. The lowest BCUT2D eigenvalue weighted by Crippen LogP contribution is -2.52. The Hall–Kier alpha value is -1.49. The van der Waals surface area contributed by atoms with Crippen LogP contribution in [-0.2, 0) is 17.4 Å². The Kier molecular flexibility index (Phi) is 30.1. The molecular weight excluding hydrogens is 635 g/mol. The van der Waals surface area contributed by atoms with Crippen molar-refractivity contribution >= 4 is 19.6 Å². The molecule has 0 N–H and O–H groups in total. The number of unbranched alkanes of at least 4 members (excludes halogenated alkanes) is 8. The van der Waals surface area contributed by atoms with Gasteiger partial charge in [-0.05, 0) is 76.3 Å². The van der Waals surface area contributed by atoms with Gasteiger partial charge in [-0.3, -0.25) is 8.97 Å². The van der Waals surface area contributed by atoms with Crippen molar-refractivity contribution < 1.29 is 14.4 Å². The SMILES string of the molecule is CCCCc1ccccc1[N+](CCCC)(CCCC)CCCC.CCCCc1ccccc1[N+](CCCC)(CCCC)CCCC.O=[PH]([O-])[O-]. The molecule has 0 aliphatic heterocycles. The zero-order valence-electron chi connectivity index (χ0n) is 34.2. The molecule has 290 valence electrons. The first-order valence-corrected chi connectivity index (χ1v) is 22.2. The van der Waals surface area contributed by atoms with Gasteiger partial charge in [-0.15, -0.1) is 0 Å². The summed E-state index contributed by atoms with van der Waals surface area (Å²) in [6.07, 6.45) is 23.6. The first-order chi connectivity index (χ1) is 24.2. The minimum Gasteiger partial charge on any atom is -0.813 e. The van der Waals surface area contributed by atoms with E-state index in [9.17, 15) is 0 Å². The predicted octanol–water partition coefficient (Wildman–Crippen LogP) is 11.6. The van der Waals surface area contributed by atoms with Crippen LogP contribution in [0.5, 0.6) is 0 Å². The number of hydrogen-bond acceptors (Lipinski definition) is 3. The fraction of sp³-hybridized carbons (Fsp3) is 0.727. The Bertz CT molecular complexity index is 965. The summed E-state index contributed by atoms with van der Waals surface area (Å²) in [7, 11) is -3.63. The number of aryl methyl sites for hydroxylation is 2. The lowest BCUT2D eigenvalue weighted by molar-refractivity contribution is -0.297. The lowest BCUT2D eigenvalue weighted by Gasteiger charge is -2.40. The molecule has 0 aliphatic carbocycles. The largest absolute Gasteiger partial charge is 0.813 e. The van der Waals surface area contributed by atoms with E-state index in [4.69, 9.17) is 14.4 Å². The number of para-hydroxylation sites is 2. The molecular formula is C44H81N2O3P. The summed E-state index contributed by atoms with van der Waals surface area (Å²) in [5.74, 6) is 0. The van der Waals surface area contributed by atoms with Crippen molar-refractivity contribution in [3.63, 3.8) is 0 Å². The van der Waals surface area contributed by atoms with Crippen LogP contribution < -0.4 is 18.8 Å². The number of rotatable bonds is 26. The third kappa shape index (κ3) is 19.4. The highest BCUT2D eigenvalue weighted by Crippen LogP contribution is 2.33. The zero-order chi connectivity index (χ0) is 37.5. The van der Waals surface area contributed by atoms with E-state index in [0.29, 0.717) is 0 Å². The highest BCUT2D eigenvalue weighted by Gasteiger charge is 2.32. The summed E-state index contributed by atoms with van der Waals surface area (Å²) in [5, 5.41) is 0. The van der Waals surface area contributed by atoms with E-state index in [0.717, 1.165) is 0 Å². The number of quaternary nitrogens is 2. The maximum atomic E-state index is 8.52. The maximum absolute atomic E-state index is 8.52. The molecule has 2 rings (SSSR count). The predicted molar refractivity (Wildman–Crippen MR) is 221 cm³/mol. The van der Waals surface area contributed by atoms with Crippen LogP contribution in [0.15, 0.2) is 48.5 Å². The van der Waals surface area contributed by atoms with Crippen molar-refractivity contribution in [3.05, 3.63) is 59.7 Å². The second kappa shape index (κ2) is 31.1. The minimum atomic E-state index is -3.63. The van der Waals surface area contributed by atoms with Crippen molar-refractivity contribution in [3.8, 4) is 0 Å². The molecule has 0 aliphatic rings. The molecule has 50 heavy (non-hydrogen) atoms. The van der Waals surface area contributed by atoms with Crippen LogP contribution in [0.1, 0.15) is 169 Å². The van der Waals surface area contributed by atoms with Gasteiger partial charge in [-0.25, -0.2) is 0 Å². The van der Waals surface area contributed by atoms with E-state index < -0.39 is 8.25 Å². The van der Waals surface area contributed by atoms with Crippen molar-refractivity contribution in [1.29, 1.82) is 0 Å². The molecule has 0 spiro atoms. The number of benzene rings is 2. The van der Waals surface area contributed by atoms with Gasteiger partial charge >= 0.3 is 0 Å². The fourth-order valence-electron chi connectivity index (χ4n) is 7.26. The van der Waals surface area contributed by atoms with Gasteiger partial charge in [0.1, 0.15) is 11.4 Å². The van der Waals surface area contributed by atoms with E-state index in [1.165, 1.54) is 164 Å². The quantitative estimate of drug-likeness (QED) is 0.0719. The van der Waals surface area contributed by atoms with Crippen LogP contribution in [0.4, 0.5) is 11.4 Å². The van der Waals surface area contributed by atoms with E-state index >= 15 is 0 Å². The number of nitrogens with zero attached hydrogens (tertiary/aromatic N) is 2. The molecule has 5 nitrogen and oxygen atoms in total. The third-order valence-corrected chi connectivity index (χ3v) is 10.2. The summed E-state index contributed by atoms with van der Waals surface area (Å²) in [5.41, 5.74) is 6.49. The third-order valence-electron chi connectivity index (χ3n) is 10.2. The normalized spacial score (nSPS) is 11.6. The molecule has 0 atom stereocenters. The maximum Gasteiger partial charge on any atom is 0.136 e. The summed E-state index contributed by atoms with van der Waals surface area (Å²) in [6, 6.07) is 18.7. The Morgan fingerprint density at radius 1 is 0.420 bits per heavy atom. The highest BCUT2D eigenvalue weighted by atomic mass is 31.1. The van der Waals surface area contributed by atoms with Crippen LogP contribution in [-0.4, -0.2) is 39.3 Å². The minimum absolute atomic E-state index is 1.23. The molecule has 0 saturated carbocycles. The first kappa shape index (κ1) is 48.5. The van der Waals surface area contributed by atoms with E-state index in [1.807, 2.05) is 0 Å². The number of hydrogen-bond donors (Lipinski definition) is 0.